The molecule has 0 atom stereocenters. The van der Waals surface area contributed by atoms with Crippen LogP contribution in [0.15, 0.2) is 23.3 Å². The van der Waals surface area contributed by atoms with Crippen molar-refractivity contribution in [3.05, 3.63) is 23.3 Å². The number of allylic oxidation sites excluding steroid dienone is 3. The van der Waals surface area contributed by atoms with Gasteiger partial charge in [0.25, 0.3) is 0 Å². The van der Waals surface area contributed by atoms with E-state index in [4.69, 9.17) is 4.74 Å². The first kappa shape index (κ1) is 32.5. The van der Waals surface area contributed by atoms with Crippen molar-refractivity contribution in [2.45, 2.75) is 85.5 Å². The Kier molecular flexibility index (Phi) is 19.2. The molecule has 0 aliphatic carbocycles. The van der Waals surface area contributed by atoms with Crippen LogP contribution >= 0.6 is 0 Å². The SMILES string of the molecule is CCCCCCCC(=O)NCCC[N+](C)(C)CC(=O)OC(=O)/C=C(\C)CCC=C(C)C.[Cl-]. The summed E-state index contributed by atoms with van der Waals surface area (Å²) in [6, 6.07) is 0. The summed E-state index contributed by atoms with van der Waals surface area (Å²) in [5, 5.41) is 2.95. The van der Waals surface area contributed by atoms with Crippen LogP contribution in [0.25, 0.3) is 0 Å². The van der Waals surface area contributed by atoms with Gasteiger partial charge in [-0.1, -0.05) is 49.8 Å². The van der Waals surface area contributed by atoms with E-state index in [1.165, 1.54) is 30.9 Å². The third-order valence-corrected chi connectivity index (χ3v) is 5.00. The van der Waals surface area contributed by atoms with Crippen LogP contribution in [0.3, 0.4) is 0 Å². The van der Waals surface area contributed by atoms with Crippen molar-refractivity contribution in [1.82, 2.24) is 5.32 Å². The summed E-state index contributed by atoms with van der Waals surface area (Å²) < 4.78 is 5.35. The Hall–Kier alpha value is -1.66. The first-order valence-electron chi connectivity index (χ1n) is 11.7. The molecule has 0 rings (SSSR count). The van der Waals surface area contributed by atoms with E-state index in [1.54, 1.807) is 0 Å². The van der Waals surface area contributed by atoms with E-state index >= 15 is 0 Å². The van der Waals surface area contributed by atoms with Gasteiger partial charge in [-0.25, -0.2) is 9.59 Å². The Balaban J connectivity index is 0. The number of quaternary nitrogens is 1. The third-order valence-electron chi connectivity index (χ3n) is 5.00. The molecule has 0 aromatic heterocycles. The van der Waals surface area contributed by atoms with Crippen molar-refractivity contribution in [1.29, 1.82) is 0 Å². The van der Waals surface area contributed by atoms with E-state index in [0.717, 1.165) is 37.7 Å². The summed E-state index contributed by atoms with van der Waals surface area (Å²) >= 11 is 0. The van der Waals surface area contributed by atoms with Crippen LogP contribution in [-0.4, -0.2) is 56.1 Å². The van der Waals surface area contributed by atoms with Gasteiger partial charge in [0.1, 0.15) is 0 Å². The topological polar surface area (TPSA) is 72.5 Å². The zero-order valence-corrected chi connectivity index (χ0v) is 21.9. The lowest BCUT2D eigenvalue weighted by Gasteiger charge is -2.28. The number of rotatable bonds is 16. The molecule has 1 amide bonds. The Bertz CT molecular complexity index is 623. The molecule has 0 aromatic rings. The molecule has 0 spiro atoms. The number of nitrogens with one attached hydrogen (secondary N) is 1. The third kappa shape index (κ3) is 20.3. The molecule has 0 aliphatic heterocycles. The van der Waals surface area contributed by atoms with Gasteiger partial charge in [-0.2, -0.15) is 0 Å². The van der Waals surface area contributed by atoms with Gasteiger partial charge in [0.2, 0.25) is 5.91 Å². The molecule has 0 bridgehead atoms. The van der Waals surface area contributed by atoms with Crippen LogP contribution in [0.4, 0.5) is 0 Å². The van der Waals surface area contributed by atoms with E-state index in [0.29, 0.717) is 24.0 Å². The number of nitrogens with zero attached hydrogens (tertiary/aromatic N) is 1. The second kappa shape index (κ2) is 18.9. The number of ether oxygens (including phenoxy) is 1. The second-order valence-corrected chi connectivity index (χ2v) is 9.29. The van der Waals surface area contributed by atoms with Crippen molar-refractivity contribution in [3.63, 3.8) is 0 Å². The second-order valence-electron chi connectivity index (χ2n) is 9.29. The maximum absolute atomic E-state index is 12.1. The molecule has 6 nitrogen and oxygen atoms in total. The molecule has 1 N–H and O–H groups in total. The number of likely N-dealkylation sites (N-methyl/N-ethyl adjacent to an activating group) is 1. The van der Waals surface area contributed by atoms with Gasteiger partial charge in [0, 0.05) is 25.5 Å². The Labute approximate surface area is 201 Å². The predicted molar refractivity (Wildman–Crippen MR) is 126 cm³/mol. The van der Waals surface area contributed by atoms with Gasteiger partial charge in [-0.05, 0) is 40.0 Å². The van der Waals surface area contributed by atoms with Crippen LogP contribution in [0.1, 0.15) is 85.5 Å². The minimum Gasteiger partial charge on any atom is -1.00 e. The fourth-order valence-corrected chi connectivity index (χ4v) is 3.18. The van der Waals surface area contributed by atoms with Crippen LogP contribution in [-0.2, 0) is 19.1 Å². The number of carbonyl (C=O) groups is 3. The summed E-state index contributed by atoms with van der Waals surface area (Å²) in [5.41, 5.74) is 2.14. The molecule has 32 heavy (non-hydrogen) atoms. The van der Waals surface area contributed by atoms with Crippen LogP contribution < -0.4 is 17.7 Å². The number of halogens is 1. The fraction of sp³-hybridized carbons (Fsp3) is 0.720. The maximum Gasteiger partial charge on any atom is 0.369 e. The fourth-order valence-electron chi connectivity index (χ4n) is 3.18. The maximum atomic E-state index is 12.1. The van der Waals surface area contributed by atoms with Crippen molar-refractivity contribution in [2.24, 2.45) is 0 Å². The van der Waals surface area contributed by atoms with Crippen molar-refractivity contribution in [3.8, 4) is 0 Å². The molecular weight excluding hydrogens is 428 g/mol. The lowest BCUT2D eigenvalue weighted by atomic mass is 10.1. The molecule has 0 radical (unpaired) electrons. The summed E-state index contributed by atoms with van der Waals surface area (Å²) in [6.45, 7) is 9.53. The predicted octanol–water partition coefficient (Wildman–Crippen LogP) is 1.70. The molecule has 0 heterocycles. The van der Waals surface area contributed by atoms with Gasteiger partial charge in [-0.3, -0.25) is 4.79 Å². The van der Waals surface area contributed by atoms with E-state index in [2.05, 4.69) is 18.3 Å². The van der Waals surface area contributed by atoms with Crippen molar-refractivity contribution < 1.29 is 36.0 Å². The Morgan fingerprint density at radius 1 is 0.938 bits per heavy atom. The number of hydrogen-bond donors (Lipinski definition) is 1. The van der Waals surface area contributed by atoms with Crippen molar-refractivity contribution in [2.75, 3.05) is 33.7 Å². The van der Waals surface area contributed by atoms with E-state index in [1.807, 2.05) is 34.9 Å². The molecule has 0 unspecified atom stereocenters. The Morgan fingerprint density at radius 3 is 2.22 bits per heavy atom. The summed E-state index contributed by atoms with van der Waals surface area (Å²) in [7, 11) is 3.84. The highest BCUT2D eigenvalue weighted by Gasteiger charge is 2.22. The van der Waals surface area contributed by atoms with Crippen LogP contribution in [0.2, 0.25) is 0 Å². The highest BCUT2D eigenvalue weighted by atomic mass is 35.5. The lowest BCUT2D eigenvalue weighted by molar-refractivity contribution is -0.883. The van der Waals surface area contributed by atoms with Crippen LogP contribution in [0.5, 0.6) is 0 Å². The Morgan fingerprint density at radius 2 is 1.59 bits per heavy atom. The van der Waals surface area contributed by atoms with E-state index in [9.17, 15) is 14.4 Å². The molecule has 0 saturated heterocycles. The minimum absolute atomic E-state index is 0. The van der Waals surface area contributed by atoms with Gasteiger partial charge >= 0.3 is 11.9 Å². The molecule has 186 valence electrons. The lowest BCUT2D eigenvalue weighted by Crippen LogP contribution is -3.00. The van der Waals surface area contributed by atoms with E-state index < -0.39 is 11.9 Å². The number of unbranched alkanes of at least 4 members (excludes halogenated alkanes) is 4. The quantitative estimate of drug-likeness (QED) is 0.0926. The average molecular weight is 473 g/mol. The largest absolute Gasteiger partial charge is 1.00 e. The molecule has 0 aliphatic rings. The zero-order chi connectivity index (χ0) is 23.7. The van der Waals surface area contributed by atoms with Gasteiger partial charge < -0.3 is 26.9 Å². The average Bonchev–Trinajstić information content (AvgIpc) is 2.64. The number of esters is 2. The van der Waals surface area contributed by atoms with Gasteiger partial charge in [0.15, 0.2) is 6.54 Å². The van der Waals surface area contributed by atoms with E-state index in [-0.39, 0.29) is 24.9 Å². The summed E-state index contributed by atoms with van der Waals surface area (Å²) in [4.78, 5) is 35.9. The van der Waals surface area contributed by atoms with Crippen molar-refractivity contribution >= 4 is 17.8 Å². The first-order valence-corrected chi connectivity index (χ1v) is 11.7. The molecule has 0 fully saturated rings. The summed E-state index contributed by atoms with van der Waals surface area (Å²) in [5.74, 6) is -1.04. The van der Waals surface area contributed by atoms with Crippen LogP contribution in [0, 0.1) is 0 Å². The van der Waals surface area contributed by atoms with Gasteiger partial charge in [0.05, 0.1) is 20.6 Å². The standard InChI is InChI=1S/C25H44N2O4.ClH/c1-7-8-9-10-11-16-23(28)26-17-13-18-27(5,6)20-25(30)31-24(29)19-22(4)15-12-14-21(2)3;/h14,19H,7-13,15-18,20H2,1-6H3;1H/b22-19+;. The molecule has 0 aromatic carbocycles. The van der Waals surface area contributed by atoms with Gasteiger partial charge in [-0.15, -0.1) is 0 Å². The highest BCUT2D eigenvalue weighted by Crippen LogP contribution is 2.08. The number of hydrogen-bond acceptors (Lipinski definition) is 4. The smallest absolute Gasteiger partial charge is 0.369 e. The number of carbonyl (C=O) groups excluding carboxylic acids is 3. The molecule has 0 saturated carbocycles. The monoisotopic (exact) mass is 472 g/mol. The minimum atomic E-state index is -0.606. The summed E-state index contributed by atoms with van der Waals surface area (Å²) in [6.07, 6.45) is 12.2. The highest BCUT2D eigenvalue weighted by molar-refractivity contribution is 5.92. The molecular formula is C25H45ClN2O4. The normalized spacial score (nSPS) is 11.4. The first-order chi connectivity index (χ1) is 14.6. The zero-order valence-electron chi connectivity index (χ0n) is 21.1. The number of amides is 1. The molecule has 7 heteroatoms.